The minimum atomic E-state index is -4.59. The minimum absolute atomic E-state index is 0.0124. The van der Waals surface area contributed by atoms with E-state index in [1.807, 2.05) is 21.1 Å². The lowest BCUT2D eigenvalue weighted by atomic mass is 10.0. The molecule has 3 unspecified atom stereocenters. The topological polar surface area (TPSA) is 108 Å². The summed E-state index contributed by atoms with van der Waals surface area (Å²) < 4.78 is 23.6. The Balaban J connectivity index is 3.93. The lowest BCUT2D eigenvalue weighted by Crippen LogP contribution is -2.46. The van der Waals surface area contributed by atoms with Gasteiger partial charge in [-0.3, -0.25) is 9.36 Å². The molecule has 0 spiro atoms. The summed E-state index contributed by atoms with van der Waals surface area (Å²) >= 11 is 0. The Kier molecular flexibility index (Phi) is 72.1. The van der Waals surface area contributed by atoms with Gasteiger partial charge in [0.25, 0.3) is 7.82 Å². The van der Waals surface area contributed by atoms with Crippen molar-refractivity contribution in [2.24, 2.45) is 0 Å². The predicted molar refractivity (Wildman–Crippen MR) is 408 cm³/mol. The fourth-order valence-corrected chi connectivity index (χ4v) is 12.9. The summed E-state index contributed by atoms with van der Waals surface area (Å²) in [5.41, 5.74) is 0. The van der Waals surface area contributed by atoms with Crippen molar-refractivity contribution in [1.29, 1.82) is 0 Å². The van der Waals surface area contributed by atoms with Crippen LogP contribution in [0.3, 0.4) is 0 Å². The number of nitrogens with zero attached hydrogens (tertiary/aromatic N) is 1. The van der Waals surface area contributed by atoms with Gasteiger partial charge in [-0.15, -0.1) is 0 Å². The average molecular weight is 1320 g/mol. The largest absolute Gasteiger partial charge is 0.756 e. The highest BCUT2D eigenvalue weighted by Gasteiger charge is 2.24. The third-order valence-electron chi connectivity index (χ3n) is 18.4. The molecule has 544 valence electrons. The van der Waals surface area contributed by atoms with E-state index in [0.29, 0.717) is 23.9 Å². The molecule has 0 aliphatic carbocycles. The molecule has 2 N–H and O–H groups in total. The third-order valence-corrected chi connectivity index (χ3v) is 19.4. The lowest BCUT2D eigenvalue weighted by molar-refractivity contribution is -0.870. The molecule has 0 bridgehead atoms. The van der Waals surface area contributed by atoms with Crippen LogP contribution in [-0.4, -0.2) is 68.5 Å². The van der Waals surface area contributed by atoms with Crippen LogP contribution in [0.4, 0.5) is 0 Å². The minimum Gasteiger partial charge on any atom is -0.756 e. The Labute approximate surface area is 579 Å². The highest BCUT2D eigenvalue weighted by molar-refractivity contribution is 7.45. The number of nitrogens with one attached hydrogen (secondary N) is 1. The van der Waals surface area contributed by atoms with Crippen molar-refractivity contribution in [3.8, 4) is 0 Å². The van der Waals surface area contributed by atoms with Gasteiger partial charge in [-0.25, -0.2) is 0 Å². The lowest BCUT2D eigenvalue weighted by Gasteiger charge is -2.30. The zero-order chi connectivity index (χ0) is 67.6. The Bertz CT molecular complexity index is 1800. The second-order valence-corrected chi connectivity index (χ2v) is 30.2. The maximum atomic E-state index is 13.1. The van der Waals surface area contributed by atoms with E-state index < -0.39 is 20.0 Å². The summed E-state index contributed by atoms with van der Waals surface area (Å²) in [6.45, 7) is 4.66. The number of carbonyl (C=O) groups is 1. The molecule has 93 heavy (non-hydrogen) atoms. The number of likely N-dealkylation sites (N-methyl/N-ethyl adjacent to an activating group) is 1. The molecule has 0 aliphatic heterocycles. The van der Waals surface area contributed by atoms with Gasteiger partial charge in [-0.1, -0.05) is 401 Å². The van der Waals surface area contributed by atoms with Crippen LogP contribution in [-0.2, 0) is 18.4 Å². The number of hydrogen-bond acceptors (Lipinski definition) is 6. The van der Waals surface area contributed by atoms with Gasteiger partial charge in [0.1, 0.15) is 13.2 Å². The average Bonchev–Trinajstić information content (AvgIpc) is 2.75. The van der Waals surface area contributed by atoms with Gasteiger partial charge in [0.15, 0.2) is 0 Å². The molecule has 0 saturated carbocycles. The highest BCUT2D eigenvalue weighted by atomic mass is 31.2. The van der Waals surface area contributed by atoms with Gasteiger partial charge in [0.2, 0.25) is 5.91 Å². The fraction of sp³-hybridized carbons (Fsp3) is 0.821. The van der Waals surface area contributed by atoms with Gasteiger partial charge >= 0.3 is 0 Å². The van der Waals surface area contributed by atoms with E-state index in [-0.39, 0.29) is 19.1 Å². The van der Waals surface area contributed by atoms with Crippen molar-refractivity contribution in [1.82, 2.24) is 5.32 Å². The Morgan fingerprint density at radius 2 is 0.656 bits per heavy atom. The first-order chi connectivity index (χ1) is 45.5. The number of hydrogen-bond donors (Lipinski definition) is 2. The molecular weight excluding hydrogens is 1160 g/mol. The number of allylic oxidation sites excluding steroid dienone is 14. The molecule has 0 aromatic rings. The molecule has 0 heterocycles. The van der Waals surface area contributed by atoms with E-state index in [4.69, 9.17) is 9.05 Å². The van der Waals surface area contributed by atoms with Gasteiger partial charge in [-0.05, 0) is 70.6 Å². The van der Waals surface area contributed by atoms with E-state index in [0.717, 1.165) is 83.5 Å². The van der Waals surface area contributed by atoms with E-state index in [1.54, 1.807) is 0 Å². The van der Waals surface area contributed by atoms with E-state index in [9.17, 15) is 19.4 Å². The number of unbranched alkanes of at least 4 members (excludes halogenated alkanes) is 48. The molecule has 1 amide bonds. The second kappa shape index (κ2) is 73.9. The molecule has 0 rings (SSSR count). The maximum Gasteiger partial charge on any atom is 0.268 e. The second-order valence-electron chi connectivity index (χ2n) is 28.8. The van der Waals surface area contributed by atoms with Crippen LogP contribution < -0.4 is 10.2 Å². The summed E-state index contributed by atoms with van der Waals surface area (Å²) in [7, 11) is 1.32. The Hall–Kier alpha value is -2.32. The van der Waals surface area contributed by atoms with Gasteiger partial charge < -0.3 is 28.8 Å². The van der Waals surface area contributed by atoms with Crippen molar-refractivity contribution >= 4 is 13.7 Å². The molecular formula is C84H157N2O6P. The van der Waals surface area contributed by atoms with Crippen LogP contribution >= 0.6 is 7.82 Å². The molecule has 8 nitrogen and oxygen atoms in total. The molecule has 0 saturated heterocycles. The van der Waals surface area contributed by atoms with Crippen LogP contribution in [0.25, 0.3) is 0 Å². The normalized spacial score (nSPS) is 13.9. The standard InChI is InChI=1S/C84H157N2O6P/c1-6-8-10-12-14-16-18-20-22-24-26-28-30-32-34-36-38-39-40-41-42-43-44-45-46-47-48-50-52-54-56-58-60-62-64-66-68-70-72-74-76-78-84(88)85-82(81-92-93(89,90)91-80-79-86(3,4)5)83(87)77-75-73-71-69-67-65-63-61-59-57-55-53-51-49-37-35-33-31-29-27-25-23-21-19-17-15-13-11-9-7-2/h8,10,14,16,20,22,26,28,32,34,38-39,41-42,82-83,87H,6-7,9,11-13,15,17-19,21,23-25,27,29-31,33,35-37,40,43-81H2,1-5H3,(H-,85,88,89,90)/b10-8-,16-14-,22-20-,28-26-,34-32-,39-38-,42-41-. The summed E-state index contributed by atoms with van der Waals surface area (Å²) in [5.74, 6) is -0.158. The van der Waals surface area contributed by atoms with Crippen molar-refractivity contribution < 1.29 is 32.9 Å². The maximum absolute atomic E-state index is 13.1. The van der Waals surface area contributed by atoms with E-state index in [1.165, 1.54) is 283 Å². The number of phosphoric acid groups is 1. The summed E-state index contributed by atoms with van der Waals surface area (Å²) in [5, 5.41) is 14.2. The number of rotatable bonds is 75. The molecule has 0 fully saturated rings. The quantitative estimate of drug-likeness (QED) is 0.0272. The Morgan fingerprint density at radius 3 is 0.957 bits per heavy atom. The number of amides is 1. The third kappa shape index (κ3) is 76.9. The van der Waals surface area contributed by atoms with Crippen molar-refractivity contribution in [3.05, 3.63) is 85.1 Å². The first-order valence-electron chi connectivity index (χ1n) is 40.4. The molecule has 0 aromatic heterocycles. The summed E-state index contributed by atoms with van der Waals surface area (Å²) in [6, 6.07) is -0.805. The van der Waals surface area contributed by atoms with Gasteiger partial charge in [0.05, 0.1) is 39.9 Å². The number of carbonyl (C=O) groups excluding carboxylic acids is 1. The van der Waals surface area contributed by atoms with E-state index in [2.05, 4.69) is 104 Å². The van der Waals surface area contributed by atoms with Crippen molar-refractivity contribution in [3.63, 3.8) is 0 Å². The molecule has 9 heteroatoms. The molecule has 0 aromatic carbocycles. The van der Waals surface area contributed by atoms with E-state index >= 15 is 0 Å². The van der Waals surface area contributed by atoms with Crippen molar-refractivity contribution in [2.75, 3.05) is 40.9 Å². The number of aliphatic hydroxyl groups is 1. The number of aliphatic hydroxyl groups excluding tert-OH is 1. The monoisotopic (exact) mass is 1320 g/mol. The van der Waals surface area contributed by atoms with Gasteiger partial charge in [0, 0.05) is 6.42 Å². The first-order valence-corrected chi connectivity index (χ1v) is 41.9. The molecule has 0 aliphatic rings. The van der Waals surface area contributed by atoms with Crippen LogP contribution in [0.1, 0.15) is 393 Å². The number of quaternary nitrogens is 1. The van der Waals surface area contributed by atoms with Crippen LogP contribution in [0, 0.1) is 0 Å². The molecule has 0 radical (unpaired) electrons. The van der Waals surface area contributed by atoms with Crippen LogP contribution in [0.15, 0.2) is 85.1 Å². The van der Waals surface area contributed by atoms with Gasteiger partial charge in [-0.2, -0.15) is 0 Å². The zero-order valence-electron chi connectivity index (χ0n) is 62.5. The summed E-state index contributed by atoms with van der Waals surface area (Å²) in [4.78, 5) is 25.8. The number of phosphoric ester groups is 1. The first kappa shape index (κ1) is 90.7. The highest BCUT2D eigenvalue weighted by Crippen LogP contribution is 2.38. The smallest absolute Gasteiger partial charge is 0.268 e. The SMILES string of the molecule is CC/C=C\C/C=C\C/C=C\C/C=C\C/C=C\C/C=C\C/C=C\CCCCCCCCCCCCCCCCCCCCCC(=O)NC(COP(=O)([O-])OCC[N+](C)(C)C)C(O)CCCCCCCCCCCCCCCCCCCCCCCCCCCCCCCC. The van der Waals surface area contributed by atoms with Crippen LogP contribution in [0.2, 0.25) is 0 Å². The zero-order valence-corrected chi connectivity index (χ0v) is 63.4. The Morgan fingerprint density at radius 1 is 0.387 bits per heavy atom. The summed E-state index contributed by atoms with van der Waals surface area (Å²) in [6.07, 6.45) is 106. The van der Waals surface area contributed by atoms with Crippen molar-refractivity contribution in [2.45, 2.75) is 405 Å². The fourth-order valence-electron chi connectivity index (χ4n) is 12.2. The molecule has 3 atom stereocenters. The van der Waals surface area contributed by atoms with Crippen LogP contribution in [0.5, 0.6) is 0 Å². The predicted octanol–water partition coefficient (Wildman–Crippen LogP) is 26.0.